The van der Waals surface area contributed by atoms with Crippen LogP contribution in [0, 0.1) is 0 Å². The first-order valence-corrected chi connectivity index (χ1v) is 7.47. The Kier molecular flexibility index (Phi) is 7.81. The lowest BCUT2D eigenvalue weighted by Crippen LogP contribution is -2.61. The summed E-state index contributed by atoms with van der Waals surface area (Å²) in [5.74, 6) is -3.02. The van der Waals surface area contributed by atoms with Crippen molar-refractivity contribution in [3.8, 4) is 0 Å². The van der Waals surface area contributed by atoms with E-state index >= 15 is 0 Å². The molecule has 1 saturated heterocycles. The van der Waals surface area contributed by atoms with Gasteiger partial charge in [-0.1, -0.05) is 5.11 Å². The standard InChI is InChI=1S/C14H19N3O9/c1-6(18)23-11-9(5-10(21)22-4)26-14(16-17-15)13(25-8(3)20)12(11)24-7(2)19/h9,11-14H,5H2,1-4H3. The van der Waals surface area contributed by atoms with Gasteiger partial charge in [0.2, 0.25) is 0 Å². The molecule has 0 aromatic carbocycles. The van der Waals surface area contributed by atoms with E-state index < -0.39 is 60.9 Å². The third kappa shape index (κ3) is 5.90. The molecule has 0 aliphatic carbocycles. The number of carbonyl (C=O) groups is 4. The van der Waals surface area contributed by atoms with Gasteiger partial charge in [0.1, 0.15) is 6.10 Å². The lowest BCUT2D eigenvalue weighted by atomic mass is 9.95. The molecule has 1 aliphatic rings. The molecule has 0 saturated carbocycles. The van der Waals surface area contributed by atoms with Crippen LogP contribution in [0.4, 0.5) is 0 Å². The van der Waals surface area contributed by atoms with Gasteiger partial charge >= 0.3 is 23.9 Å². The Hall–Kier alpha value is -2.85. The van der Waals surface area contributed by atoms with Crippen LogP contribution in [0.5, 0.6) is 0 Å². The molecule has 12 nitrogen and oxygen atoms in total. The third-order valence-corrected chi connectivity index (χ3v) is 3.28. The quantitative estimate of drug-likeness (QED) is 0.210. The monoisotopic (exact) mass is 373 g/mol. The summed E-state index contributed by atoms with van der Waals surface area (Å²) in [7, 11) is 1.14. The van der Waals surface area contributed by atoms with E-state index in [-0.39, 0.29) is 0 Å². The van der Waals surface area contributed by atoms with E-state index in [9.17, 15) is 19.2 Å². The molecule has 0 bridgehead atoms. The molecule has 0 N–H and O–H groups in total. The molecule has 0 aromatic heterocycles. The maximum absolute atomic E-state index is 11.6. The van der Waals surface area contributed by atoms with Gasteiger partial charge in [-0.3, -0.25) is 19.2 Å². The van der Waals surface area contributed by atoms with Crippen LogP contribution in [0.25, 0.3) is 10.4 Å². The summed E-state index contributed by atoms with van der Waals surface area (Å²) in [6.45, 7) is 3.27. The molecule has 26 heavy (non-hydrogen) atoms. The van der Waals surface area contributed by atoms with Gasteiger partial charge in [0.15, 0.2) is 24.5 Å². The van der Waals surface area contributed by atoms with Crippen LogP contribution < -0.4 is 0 Å². The zero-order valence-electron chi connectivity index (χ0n) is 14.6. The van der Waals surface area contributed by atoms with Crippen LogP contribution in [0.2, 0.25) is 0 Å². The Morgan fingerprint density at radius 1 is 0.962 bits per heavy atom. The van der Waals surface area contributed by atoms with E-state index in [4.69, 9.17) is 24.5 Å². The SMILES string of the molecule is COC(=O)CC1OC(N=[N+]=[N-])C(OC(C)=O)C(OC(C)=O)C1OC(C)=O. The van der Waals surface area contributed by atoms with Crippen molar-refractivity contribution in [1.29, 1.82) is 0 Å². The van der Waals surface area contributed by atoms with Gasteiger partial charge in [0.25, 0.3) is 0 Å². The third-order valence-electron chi connectivity index (χ3n) is 3.28. The predicted octanol–water partition coefficient (Wildman–Crippen LogP) is 0.380. The molecule has 5 atom stereocenters. The van der Waals surface area contributed by atoms with Crippen molar-refractivity contribution >= 4 is 23.9 Å². The van der Waals surface area contributed by atoms with Crippen LogP contribution >= 0.6 is 0 Å². The Balaban J connectivity index is 3.33. The molecule has 0 spiro atoms. The molecule has 144 valence electrons. The summed E-state index contributed by atoms with van der Waals surface area (Å²) in [5.41, 5.74) is 8.72. The molecular formula is C14H19N3O9. The number of hydrogen-bond donors (Lipinski definition) is 0. The summed E-state index contributed by atoms with van der Waals surface area (Å²) in [6, 6.07) is 0. The Morgan fingerprint density at radius 2 is 1.46 bits per heavy atom. The molecule has 1 rings (SSSR count). The summed E-state index contributed by atoms with van der Waals surface area (Å²) < 4.78 is 25.3. The van der Waals surface area contributed by atoms with Gasteiger partial charge in [0.05, 0.1) is 13.5 Å². The summed E-state index contributed by atoms with van der Waals surface area (Å²) in [4.78, 5) is 48.6. The number of carbonyl (C=O) groups excluding carboxylic acids is 4. The average Bonchev–Trinajstić information content (AvgIpc) is 2.53. The minimum atomic E-state index is -1.42. The minimum Gasteiger partial charge on any atom is -0.469 e. The predicted molar refractivity (Wildman–Crippen MR) is 81.1 cm³/mol. The average molecular weight is 373 g/mol. The molecular weight excluding hydrogens is 354 g/mol. The van der Waals surface area contributed by atoms with E-state index in [0.29, 0.717) is 0 Å². The van der Waals surface area contributed by atoms with Crippen LogP contribution in [-0.2, 0) is 42.9 Å². The second kappa shape index (κ2) is 9.59. The highest BCUT2D eigenvalue weighted by atomic mass is 16.7. The van der Waals surface area contributed by atoms with Crippen molar-refractivity contribution in [2.75, 3.05) is 7.11 Å². The Morgan fingerprint density at radius 3 is 1.92 bits per heavy atom. The second-order valence-electron chi connectivity index (χ2n) is 5.27. The minimum absolute atomic E-state index is 0.392. The fourth-order valence-electron chi connectivity index (χ4n) is 2.43. The van der Waals surface area contributed by atoms with Crippen molar-refractivity contribution < 1.29 is 42.9 Å². The van der Waals surface area contributed by atoms with Crippen LogP contribution in [0.1, 0.15) is 27.2 Å². The summed E-state index contributed by atoms with van der Waals surface area (Å²) in [5, 5.41) is 3.37. The molecule has 1 fully saturated rings. The first-order valence-electron chi connectivity index (χ1n) is 7.47. The smallest absolute Gasteiger partial charge is 0.308 e. The highest BCUT2D eigenvalue weighted by molar-refractivity contribution is 5.71. The highest BCUT2D eigenvalue weighted by Gasteiger charge is 2.52. The number of methoxy groups -OCH3 is 1. The van der Waals surface area contributed by atoms with E-state index in [0.717, 1.165) is 27.9 Å². The molecule has 5 unspecified atom stereocenters. The van der Waals surface area contributed by atoms with Crippen molar-refractivity contribution in [1.82, 2.24) is 0 Å². The fraction of sp³-hybridized carbons (Fsp3) is 0.714. The van der Waals surface area contributed by atoms with Crippen LogP contribution in [0.15, 0.2) is 5.11 Å². The molecule has 0 aromatic rings. The van der Waals surface area contributed by atoms with E-state index in [1.54, 1.807) is 0 Å². The normalized spacial score (nSPS) is 27.5. The molecule has 12 heteroatoms. The number of hydrogen-bond acceptors (Lipinski definition) is 10. The number of esters is 4. The maximum Gasteiger partial charge on any atom is 0.308 e. The zero-order chi connectivity index (χ0) is 19.9. The highest BCUT2D eigenvalue weighted by Crippen LogP contribution is 2.31. The number of ether oxygens (including phenoxy) is 5. The van der Waals surface area contributed by atoms with E-state index in [1.165, 1.54) is 0 Å². The summed E-state index contributed by atoms with van der Waals surface area (Å²) >= 11 is 0. The second-order valence-corrected chi connectivity index (χ2v) is 5.27. The lowest BCUT2D eigenvalue weighted by Gasteiger charge is -2.43. The number of rotatable bonds is 6. The Bertz CT molecular complexity index is 617. The van der Waals surface area contributed by atoms with Gasteiger partial charge in [0, 0.05) is 25.7 Å². The maximum atomic E-state index is 11.6. The van der Waals surface area contributed by atoms with Gasteiger partial charge in [-0.05, 0) is 5.53 Å². The van der Waals surface area contributed by atoms with Crippen LogP contribution in [0.3, 0.4) is 0 Å². The van der Waals surface area contributed by atoms with Crippen molar-refractivity contribution in [3.05, 3.63) is 10.4 Å². The molecule has 0 amide bonds. The largest absolute Gasteiger partial charge is 0.469 e. The number of nitrogens with zero attached hydrogens (tertiary/aromatic N) is 3. The fourth-order valence-corrected chi connectivity index (χ4v) is 2.43. The van der Waals surface area contributed by atoms with Gasteiger partial charge in [-0.2, -0.15) is 0 Å². The Labute approximate surface area is 148 Å². The zero-order valence-corrected chi connectivity index (χ0v) is 14.6. The topological polar surface area (TPSA) is 163 Å². The van der Waals surface area contributed by atoms with Crippen molar-refractivity contribution in [2.24, 2.45) is 5.11 Å². The van der Waals surface area contributed by atoms with E-state index in [2.05, 4.69) is 14.8 Å². The van der Waals surface area contributed by atoms with Gasteiger partial charge in [-0.15, -0.1) is 0 Å². The summed E-state index contributed by atoms with van der Waals surface area (Å²) in [6.07, 6.45) is -7.03. The lowest BCUT2D eigenvalue weighted by molar-refractivity contribution is -0.246. The van der Waals surface area contributed by atoms with E-state index in [1.807, 2.05) is 0 Å². The molecule has 0 radical (unpaired) electrons. The van der Waals surface area contributed by atoms with Gasteiger partial charge < -0.3 is 23.7 Å². The first kappa shape index (κ1) is 21.2. The molecule has 1 aliphatic heterocycles. The first-order chi connectivity index (χ1) is 12.2. The number of azide groups is 1. The molecule has 1 heterocycles. The van der Waals surface area contributed by atoms with Crippen molar-refractivity contribution in [2.45, 2.75) is 57.8 Å². The van der Waals surface area contributed by atoms with Crippen LogP contribution in [-0.4, -0.2) is 61.6 Å². The van der Waals surface area contributed by atoms with Gasteiger partial charge in [-0.25, -0.2) is 0 Å². The van der Waals surface area contributed by atoms with Crippen molar-refractivity contribution in [3.63, 3.8) is 0 Å².